The minimum Gasteiger partial charge on any atom is -0.309 e. The first-order valence-corrected chi connectivity index (χ1v) is 14.8. The first-order valence-electron chi connectivity index (χ1n) is 16.8. The zero-order valence-corrected chi connectivity index (χ0v) is 23.8. The Hall–Kier alpha value is -5.86. The van der Waals surface area contributed by atoms with E-state index in [4.69, 9.17) is 5.48 Å². The third kappa shape index (κ3) is 3.68. The number of aromatic nitrogens is 2. The van der Waals surface area contributed by atoms with Gasteiger partial charge in [-0.05, 0) is 47.5 Å². The van der Waals surface area contributed by atoms with Crippen molar-refractivity contribution in [2.24, 2.45) is 0 Å². The van der Waals surface area contributed by atoms with Crippen molar-refractivity contribution < 1.29 is 5.48 Å². The molecule has 9 rings (SSSR count). The number of nitrogens with zero attached hydrogens (tertiary/aromatic N) is 2. The van der Waals surface area contributed by atoms with E-state index in [2.05, 4.69) is 114 Å². The second kappa shape index (κ2) is 9.86. The summed E-state index contributed by atoms with van der Waals surface area (Å²) in [5.74, 6) is 0. The quantitative estimate of drug-likeness (QED) is 0.201. The molecule has 9 aromatic rings. The van der Waals surface area contributed by atoms with Gasteiger partial charge in [-0.15, -0.1) is 0 Å². The molecule has 0 saturated carbocycles. The fourth-order valence-corrected chi connectivity index (χ4v) is 6.76. The summed E-state index contributed by atoms with van der Waals surface area (Å²) in [6, 6.07) is 49.6. The number of benzene rings is 7. The van der Waals surface area contributed by atoms with Crippen LogP contribution in [0.1, 0.15) is 5.48 Å². The van der Waals surface area contributed by atoms with Crippen molar-refractivity contribution in [1.29, 1.82) is 0 Å². The number of rotatable bonds is 4. The first kappa shape index (κ1) is 20.9. The molecule has 0 fully saturated rings. The Bertz CT molecular complexity index is 2650. The van der Waals surface area contributed by atoms with Crippen LogP contribution in [0.25, 0.3) is 77.2 Å². The maximum atomic E-state index is 8.95. The second-order valence-electron chi connectivity index (χ2n) is 11.1. The first-order chi connectivity index (χ1) is 23.5. The van der Waals surface area contributed by atoms with Crippen molar-refractivity contribution in [3.05, 3.63) is 170 Å². The Morgan fingerprint density at radius 1 is 0.386 bits per heavy atom. The maximum Gasteiger partial charge on any atom is 0.0645 e. The zero-order chi connectivity index (χ0) is 32.5. The van der Waals surface area contributed by atoms with Gasteiger partial charge < -0.3 is 9.13 Å². The molecule has 206 valence electrons. The minimum atomic E-state index is -0.236. The van der Waals surface area contributed by atoms with Crippen molar-refractivity contribution in [3.8, 4) is 33.6 Å². The van der Waals surface area contributed by atoms with Gasteiger partial charge in [0.1, 0.15) is 0 Å². The molecule has 0 atom stereocenters. The van der Waals surface area contributed by atoms with Gasteiger partial charge in [0.15, 0.2) is 0 Å². The molecule has 0 N–H and O–H groups in total. The predicted molar refractivity (Wildman–Crippen MR) is 186 cm³/mol. The highest BCUT2D eigenvalue weighted by atomic mass is 15.0. The van der Waals surface area contributed by atoms with Crippen molar-refractivity contribution >= 4 is 43.6 Å². The summed E-state index contributed by atoms with van der Waals surface area (Å²) >= 11 is 0. The topological polar surface area (TPSA) is 9.86 Å². The zero-order valence-electron chi connectivity index (χ0n) is 27.8. The summed E-state index contributed by atoms with van der Waals surface area (Å²) in [6.07, 6.45) is 0. The largest absolute Gasteiger partial charge is 0.309 e. The van der Waals surface area contributed by atoms with Gasteiger partial charge in [-0.3, -0.25) is 0 Å². The van der Waals surface area contributed by atoms with E-state index >= 15 is 0 Å². The lowest BCUT2D eigenvalue weighted by atomic mass is 9.95. The molecule has 2 aromatic heterocycles. The Kier molecular flexibility index (Phi) is 4.69. The second-order valence-corrected chi connectivity index (χ2v) is 11.1. The maximum absolute atomic E-state index is 8.95. The van der Waals surface area contributed by atoms with Crippen molar-refractivity contribution in [1.82, 2.24) is 9.13 Å². The summed E-state index contributed by atoms with van der Waals surface area (Å²) in [4.78, 5) is 0. The molecule has 0 amide bonds. The van der Waals surface area contributed by atoms with E-state index in [1.54, 1.807) is 0 Å². The van der Waals surface area contributed by atoms with Crippen LogP contribution in [0.3, 0.4) is 0 Å². The summed E-state index contributed by atoms with van der Waals surface area (Å²) < 4.78 is 39.0. The molecule has 2 heteroatoms. The molecule has 0 spiro atoms. The molecular formula is C42H28N2. The van der Waals surface area contributed by atoms with E-state index < -0.39 is 0 Å². The van der Waals surface area contributed by atoms with Crippen LogP contribution in [0.2, 0.25) is 0 Å². The Balaban J connectivity index is 1.40. The summed E-state index contributed by atoms with van der Waals surface area (Å²) in [5, 5.41) is 3.48. The van der Waals surface area contributed by atoms with Crippen LogP contribution in [-0.2, 0) is 0 Å². The van der Waals surface area contributed by atoms with E-state index in [0.717, 1.165) is 66.3 Å². The van der Waals surface area contributed by atoms with Gasteiger partial charge in [0, 0.05) is 38.4 Å². The third-order valence-corrected chi connectivity index (χ3v) is 8.65. The molecule has 0 bridgehead atoms. The van der Waals surface area contributed by atoms with Crippen molar-refractivity contribution in [2.75, 3.05) is 0 Å². The van der Waals surface area contributed by atoms with Gasteiger partial charge in [-0.2, -0.15) is 0 Å². The fourth-order valence-electron chi connectivity index (χ4n) is 6.76. The average Bonchev–Trinajstić information content (AvgIpc) is 3.66. The lowest BCUT2D eigenvalue weighted by molar-refractivity contribution is 1.17. The van der Waals surface area contributed by atoms with E-state index in [1.807, 2.05) is 41.0 Å². The molecule has 2 heterocycles. The molecule has 0 aliphatic carbocycles. The monoisotopic (exact) mass is 564 g/mol. The number of hydrogen-bond acceptors (Lipinski definition) is 0. The van der Waals surface area contributed by atoms with Crippen LogP contribution < -0.4 is 0 Å². The highest BCUT2D eigenvalue weighted by molar-refractivity contribution is 6.13. The van der Waals surface area contributed by atoms with Gasteiger partial charge in [-0.25, -0.2) is 0 Å². The van der Waals surface area contributed by atoms with Crippen molar-refractivity contribution in [2.45, 2.75) is 0 Å². The standard InChI is InChI=1S/C42H28N2/c1-3-14-29(15-4-1)32-21-13-22-33(30-16-5-2-6-17-30)42(32)44-40-25-12-9-20-36(40)37-28-31(26-27-41(37)44)43-38-23-10-7-18-34(38)35-19-8-11-24-39(35)43/h1-28H/i7D,10D,18D,23D. The molecule has 0 aliphatic heterocycles. The lowest BCUT2D eigenvalue weighted by Gasteiger charge is -2.19. The SMILES string of the molecule is [2H]c1c([2H])c([2H])c2c(c1[2H])c1ccccc1n2-c1ccc2c(c1)c1ccccc1n2-c1c(-c2ccccc2)cccc1-c1ccccc1. The van der Waals surface area contributed by atoms with Crippen LogP contribution in [0, 0.1) is 0 Å². The Labute approximate surface area is 261 Å². The molecule has 0 aliphatic rings. The van der Waals surface area contributed by atoms with Gasteiger partial charge in [-0.1, -0.05) is 133 Å². The number of hydrogen-bond donors (Lipinski definition) is 0. The highest BCUT2D eigenvalue weighted by Gasteiger charge is 2.20. The smallest absolute Gasteiger partial charge is 0.0645 e. The van der Waals surface area contributed by atoms with Crippen LogP contribution in [-0.4, -0.2) is 9.13 Å². The summed E-state index contributed by atoms with van der Waals surface area (Å²) in [7, 11) is 0. The van der Waals surface area contributed by atoms with E-state index in [-0.39, 0.29) is 24.2 Å². The Morgan fingerprint density at radius 2 is 0.932 bits per heavy atom. The van der Waals surface area contributed by atoms with E-state index in [9.17, 15) is 0 Å². The molecule has 7 aromatic carbocycles. The minimum absolute atomic E-state index is 0.0235. The molecule has 44 heavy (non-hydrogen) atoms. The molecular weight excluding hydrogens is 532 g/mol. The van der Waals surface area contributed by atoms with Crippen LogP contribution >= 0.6 is 0 Å². The molecule has 0 radical (unpaired) electrons. The van der Waals surface area contributed by atoms with Gasteiger partial charge in [0.05, 0.1) is 33.2 Å². The van der Waals surface area contributed by atoms with Gasteiger partial charge >= 0.3 is 0 Å². The summed E-state index contributed by atoms with van der Waals surface area (Å²) in [6.45, 7) is 0. The molecule has 0 unspecified atom stereocenters. The van der Waals surface area contributed by atoms with Crippen LogP contribution in [0.4, 0.5) is 0 Å². The molecule has 2 nitrogen and oxygen atoms in total. The van der Waals surface area contributed by atoms with E-state index in [0.29, 0.717) is 10.9 Å². The fraction of sp³-hybridized carbons (Fsp3) is 0. The highest BCUT2D eigenvalue weighted by Crippen LogP contribution is 2.42. The van der Waals surface area contributed by atoms with E-state index in [1.165, 1.54) is 0 Å². The Morgan fingerprint density at radius 3 is 1.61 bits per heavy atom. The third-order valence-electron chi connectivity index (χ3n) is 8.65. The van der Waals surface area contributed by atoms with Crippen LogP contribution in [0.15, 0.2) is 170 Å². The normalized spacial score (nSPS) is 12.9. The van der Waals surface area contributed by atoms with Gasteiger partial charge in [0.25, 0.3) is 0 Å². The number of para-hydroxylation sites is 4. The lowest BCUT2D eigenvalue weighted by Crippen LogP contribution is -2.01. The van der Waals surface area contributed by atoms with Crippen LogP contribution in [0.5, 0.6) is 0 Å². The summed E-state index contributed by atoms with van der Waals surface area (Å²) in [5.41, 5.74) is 9.89. The van der Waals surface area contributed by atoms with Gasteiger partial charge in [0.2, 0.25) is 0 Å². The molecule has 0 saturated heterocycles. The average molecular weight is 565 g/mol. The van der Waals surface area contributed by atoms with Crippen molar-refractivity contribution in [3.63, 3.8) is 0 Å². The number of fused-ring (bicyclic) bond motifs is 6. The predicted octanol–water partition coefficient (Wildman–Crippen LogP) is 11.2.